The summed E-state index contributed by atoms with van der Waals surface area (Å²) in [6.45, 7) is 8.52. The molecule has 0 spiro atoms. The lowest BCUT2D eigenvalue weighted by Gasteiger charge is -2.33. The van der Waals surface area contributed by atoms with Crippen LogP contribution in [0.2, 0.25) is 0 Å². The van der Waals surface area contributed by atoms with Crippen LogP contribution >= 0.6 is 0 Å². The van der Waals surface area contributed by atoms with E-state index in [1.165, 1.54) is 0 Å². The number of hydrogen-bond donors (Lipinski definition) is 1. The van der Waals surface area contributed by atoms with E-state index >= 15 is 0 Å². The maximum absolute atomic E-state index is 12.6. The second-order valence-electron chi connectivity index (χ2n) is 7.64. The van der Waals surface area contributed by atoms with Crippen LogP contribution in [0.15, 0.2) is 29.2 Å². The number of anilines is 1. The van der Waals surface area contributed by atoms with Crippen molar-refractivity contribution in [1.29, 1.82) is 0 Å². The molecule has 1 amide bonds. The average molecular weight is 396 g/mol. The van der Waals surface area contributed by atoms with Crippen LogP contribution in [-0.4, -0.2) is 64.7 Å². The van der Waals surface area contributed by atoms with E-state index in [1.807, 2.05) is 0 Å². The molecule has 2 heterocycles. The predicted octanol–water partition coefficient (Wildman–Crippen LogP) is 1.45. The monoisotopic (exact) mass is 395 g/mol. The van der Waals surface area contributed by atoms with E-state index in [-0.39, 0.29) is 23.5 Å². The van der Waals surface area contributed by atoms with Gasteiger partial charge in [0.25, 0.3) is 0 Å². The van der Waals surface area contributed by atoms with Crippen LogP contribution in [0.1, 0.15) is 26.7 Å². The summed E-state index contributed by atoms with van der Waals surface area (Å²) in [7, 11) is -3.61. The molecule has 2 saturated heterocycles. The number of hydrogen-bond acceptors (Lipinski definition) is 5. The Hall–Kier alpha value is -1.48. The van der Waals surface area contributed by atoms with E-state index in [0.29, 0.717) is 25.5 Å². The summed E-state index contributed by atoms with van der Waals surface area (Å²) in [5, 5.41) is 0. The van der Waals surface area contributed by atoms with Crippen LogP contribution in [0.3, 0.4) is 0 Å². The van der Waals surface area contributed by atoms with Gasteiger partial charge in [-0.2, -0.15) is 0 Å². The van der Waals surface area contributed by atoms with Crippen LogP contribution in [0.5, 0.6) is 0 Å². The van der Waals surface area contributed by atoms with Gasteiger partial charge in [0, 0.05) is 44.8 Å². The van der Waals surface area contributed by atoms with Gasteiger partial charge in [-0.05, 0) is 36.6 Å². The first-order valence-electron chi connectivity index (χ1n) is 9.59. The summed E-state index contributed by atoms with van der Waals surface area (Å²) in [6, 6.07) is 6.49. The van der Waals surface area contributed by atoms with Crippen molar-refractivity contribution >= 4 is 21.6 Å². The highest BCUT2D eigenvalue weighted by molar-refractivity contribution is 7.89. The van der Waals surface area contributed by atoms with Crippen molar-refractivity contribution in [2.75, 3.05) is 44.2 Å². The minimum atomic E-state index is -3.61. The number of sulfonamides is 1. The third-order valence-corrected chi connectivity index (χ3v) is 6.32. The highest BCUT2D eigenvalue weighted by Gasteiger charge is 2.25. The first-order chi connectivity index (χ1) is 12.8. The second-order valence-corrected chi connectivity index (χ2v) is 9.41. The lowest BCUT2D eigenvalue weighted by atomic mass is 10.2. The lowest BCUT2D eigenvalue weighted by molar-refractivity contribution is -0.117. The van der Waals surface area contributed by atoms with E-state index in [2.05, 4.69) is 23.5 Å². The van der Waals surface area contributed by atoms with Crippen molar-refractivity contribution in [3.8, 4) is 0 Å². The molecule has 2 aliphatic rings. The minimum absolute atomic E-state index is 0.0872. The number of morpholine rings is 1. The zero-order valence-electron chi connectivity index (χ0n) is 16.1. The number of rotatable bonds is 7. The summed E-state index contributed by atoms with van der Waals surface area (Å²) in [5.41, 5.74) is 0.747. The lowest BCUT2D eigenvalue weighted by Crippen LogP contribution is -2.48. The third kappa shape index (κ3) is 5.28. The van der Waals surface area contributed by atoms with Crippen molar-refractivity contribution in [3.05, 3.63) is 24.3 Å². The SMILES string of the molecule is CC(C)CN1CCOC(CNS(=O)(=O)c2ccc(N3CCCC3=O)cc2)C1. The number of nitrogens with zero attached hydrogens (tertiary/aromatic N) is 2. The first-order valence-corrected chi connectivity index (χ1v) is 11.1. The van der Waals surface area contributed by atoms with Gasteiger partial charge in [0.2, 0.25) is 15.9 Å². The molecule has 1 N–H and O–H groups in total. The molecule has 2 fully saturated rings. The molecule has 0 aliphatic carbocycles. The van der Waals surface area contributed by atoms with Crippen LogP contribution in [0, 0.1) is 5.92 Å². The molecule has 7 nitrogen and oxygen atoms in total. The fraction of sp³-hybridized carbons (Fsp3) is 0.632. The van der Waals surface area contributed by atoms with E-state index in [1.54, 1.807) is 29.2 Å². The topological polar surface area (TPSA) is 79.0 Å². The largest absolute Gasteiger partial charge is 0.374 e. The van der Waals surface area contributed by atoms with Gasteiger partial charge < -0.3 is 9.64 Å². The Bertz CT molecular complexity index is 749. The standard InChI is InChI=1S/C19H29N3O4S/c1-15(2)13-21-10-11-26-17(14-21)12-20-27(24,25)18-7-5-16(6-8-18)22-9-3-4-19(22)23/h5-8,15,17,20H,3-4,9-14H2,1-2H3. The van der Waals surface area contributed by atoms with Gasteiger partial charge in [-0.3, -0.25) is 9.69 Å². The summed E-state index contributed by atoms with van der Waals surface area (Å²) in [4.78, 5) is 16.0. The summed E-state index contributed by atoms with van der Waals surface area (Å²) >= 11 is 0. The minimum Gasteiger partial charge on any atom is -0.374 e. The Labute approximate surface area is 161 Å². The van der Waals surface area contributed by atoms with Gasteiger partial charge in [0.05, 0.1) is 17.6 Å². The normalized spacial score (nSPS) is 22.0. The highest BCUT2D eigenvalue weighted by Crippen LogP contribution is 2.23. The molecule has 1 aromatic carbocycles. The van der Waals surface area contributed by atoms with Crippen LogP contribution in [0.4, 0.5) is 5.69 Å². The molecular weight excluding hydrogens is 366 g/mol. The van der Waals surface area contributed by atoms with Crippen molar-refractivity contribution < 1.29 is 17.9 Å². The molecule has 3 rings (SSSR count). The third-order valence-electron chi connectivity index (χ3n) is 4.88. The molecule has 0 aromatic heterocycles. The molecule has 1 unspecified atom stereocenters. The second kappa shape index (κ2) is 8.68. The quantitative estimate of drug-likeness (QED) is 0.756. The van der Waals surface area contributed by atoms with Crippen LogP contribution < -0.4 is 9.62 Å². The maximum Gasteiger partial charge on any atom is 0.240 e. The van der Waals surface area contributed by atoms with Gasteiger partial charge >= 0.3 is 0 Å². The Morgan fingerprint density at radius 3 is 2.59 bits per heavy atom. The van der Waals surface area contributed by atoms with E-state index in [9.17, 15) is 13.2 Å². The number of nitrogens with one attached hydrogen (secondary N) is 1. The number of amides is 1. The van der Waals surface area contributed by atoms with E-state index in [4.69, 9.17) is 4.74 Å². The predicted molar refractivity (Wildman–Crippen MR) is 104 cm³/mol. The Kier molecular flexibility index (Phi) is 6.52. The highest BCUT2D eigenvalue weighted by atomic mass is 32.2. The first kappa shape index (κ1) is 20.3. The molecule has 0 saturated carbocycles. The molecule has 27 heavy (non-hydrogen) atoms. The molecule has 2 aliphatic heterocycles. The Balaban J connectivity index is 1.57. The summed E-state index contributed by atoms with van der Waals surface area (Å²) in [6.07, 6.45) is 1.25. The van der Waals surface area contributed by atoms with E-state index < -0.39 is 10.0 Å². The molecule has 150 valence electrons. The molecule has 8 heteroatoms. The fourth-order valence-electron chi connectivity index (χ4n) is 3.60. The van der Waals surface area contributed by atoms with Gasteiger partial charge in [0.1, 0.15) is 0 Å². The van der Waals surface area contributed by atoms with Crippen LogP contribution in [0.25, 0.3) is 0 Å². The number of ether oxygens (including phenoxy) is 1. The van der Waals surface area contributed by atoms with Gasteiger partial charge in [-0.15, -0.1) is 0 Å². The zero-order valence-corrected chi connectivity index (χ0v) is 16.9. The van der Waals surface area contributed by atoms with Gasteiger partial charge in [-0.1, -0.05) is 13.8 Å². The molecule has 0 radical (unpaired) electrons. The maximum atomic E-state index is 12.6. The van der Waals surface area contributed by atoms with Crippen LogP contribution in [-0.2, 0) is 19.6 Å². The van der Waals surface area contributed by atoms with Crippen molar-refractivity contribution in [3.63, 3.8) is 0 Å². The molecule has 1 aromatic rings. The van der Waals surface area contributed by atoms with E-state index in [0.717, 1.165) is 31.7 Å². The molecular formula is C19H29N3O4S. The van der Waals surface area contributed by atoms with Gasteiger partial charge in [-0.25, -0.2) is 13.1 Å². The smallest absolute Gasteiger partial charge is 0.240 e. The zero-order chi connectivity index (χ0) is 19.4. The Morgan fingerprint density at radius 1 is 1.22 bits per heavy atom. The average Bonchev–Trinajstić information content (AvgIpc) is 3.06. The molecule has 1 atom stereocenters. The van der Waals surface area contributed by atoms with Crippen molar-refractivity contribution in [2.45, 2.75) is 37.7 Å². The summed E-state index contributed by atoms with van der Waals surface area (Å²) < 4.78 is 33.5. The van der Waals surface area contributed by atoms with Crippen molar-refractivity contribution in [2.24, 2.45) is 5.92 Å². The molecule has 0 bridgehead atoms. The van der Waals surface area contributed by atoms with Gasteiger partial charge in [0.15, 0.2) is 0 Å². The Morgan fingerprint density at radius 2 is 1.96 bits per heavy atom. The fourth-order valence-corrected chi connectivity index (χ4v) is 4.66. The summed E-state index contributed by atoms with van der Waals surface area (Å²) in [5.74, 6) is 0.658. The number of carbonyl (C=O) groups excluding carboxylic acids is 1. The van der Waals surface area contributed by atoms with Crippen molar-refractivity contribution in [1.82, 2.24) is 9.62 Å². The number of carbonyl (C=O) groups is 1. The number of benzene rings is 1.